The van der Waals surface area contributed by atoms with Gasteiger partial charge in [-0.3, -0.25) is 4.79 Å². The zero-order valence-electron chi connectivity index (χ0n) is 14.2. The number of nitrogens with one attached hydrogen (secondary N) is 1. The summed E-state index contributed by atoms with van der Waals surface area (Å²) in [5.74, 6) is 0.567. The van der Waals surface area contributed by atoms with Crippen LogP contribution in [0.3, 0.4) is 0 Å². The van der Waals surface area contributed by atoms with Gasteiger partial charge in [0.25, 0.3) is 0 Å². The van der Waals surface area contributed by atoms with Gasteiger partial charge in [-0.05, 0) is 36.6 Å². The molecule has 0 spiro atoms. The molecule has 4 nitrogen and oxygen atoms in total. The van der Waals surface area contributed by atoms with E-state index in [4.69, 9.17) is 4.74 Å². The van der Waals surface area contributed by atoms with Crippen molar-refractivity contribution in [2.24, 2.45) is 5.92 Å². The van der Waals surface area contributed by atoms with Gasteiger partial charge >= 0.3 is 0 Å². The molecule has 0 aliphatic heterocycles. The number of aliphatic hydroxyl groups excluding tert-OH is 1. The second-order valence-corrected chi connectivity index (χ2v) is 5.97. The maximum atomic E-state index is 12.1. The summed E-state index contributed by atoms with van der Waals surface area (Å²) in [6, 6.07) is 17.2. The summed E-state index contributed by atoms with van der Waals surface area (Å²) in [7, 11) is 0. The molecule has 2 N–H and O–H groups in total. The lowest BCUT2D eigenvalue weighted by Gasteiger charge is -2.17. The highest BCUT2D eigenvalue weighted by Gasteiger charge is 2.16. The zero-order valence-corrected chi connectivity index (χ0v) is 14.2. The molecule has 0 heterocycles. The standard InChI is InChI=1S/C20H25NO3/c1-15-8-6-7-11-18(15)19(22)14-21-20(23)16(2)12-13-24-17-9-4-3-5-10-17/h3-11,16,19,22H,12-14H2,1-2H3,(H,21,23). The van der Waals surface area contributed by atoms with Crippen LogP contribution < -0.4 is 10.1 Å². The van der Waals surface area contributed by atoms with Gasteiger partial charge in [0.05, 0.1) is 12.7 Å². The average Bonchev–Trinajstić information content (AvgIpc) is 2.60. The first kappa shape index (κ1) is 18.0. The minimum Gasteiger partial charge on any atom is -0.494 e. The van der Waals surface area contributed by atoms with Crippen LogP contribution in [0.25, 0.3) is 0 Å². The molecule has 0 fully saturated rings. The second-order valence-electron chi connectivity index (χ2n) is 5.97. The number of aryl methyl sites for hydroxylation is 1. The van der Waals surface area contributed by atoms with Gasteiger partial charge in [0, 0.05) is 12.5 Å². The van der Waals surface area contributed by atoms with Crippen LogP contribution in [0.2, 0.25) is 0 Å². The van der Waals surface area contributed by atoms with E-state index in [2.05, 4.69) is 5.32 Å². The Morgan fingerprint density at radius 3 is 2.50 bits per heavy atom. The van der Waals surface area contributed by atoms with Gasteiger partial charge < -0.3 is 15.2 Å². The van der Waals surface area contributed by atoms with Gasteiger partial charge in [0.2, 0.25) is 5.91 Å². The van der Waals surface area contributed by atoms with E-state index in [1.165, 1.54) is 0 Å². The molecule has 2 atom stereocenters. The Bertz CT molecular complexity index is 642. The summed E-state index contributed by atoms with van der Waals surface area (Å²) < 4.78 is 5.61. The molecule has 0 saturated heterocycles. The predicted molar refractivity (Wildman–Crippen MR) is 94.9 cm³/mol. The van der Waals surface area contributed by atoms with Gasteiger partial charge in [-0.15, -0.1) is 0 Å². The number of benzene rings is 2. The van der Waals surface area contributed by atoms with Crippen LogP contribution in [0.15, 0.2) is 54.6 Å². The van der Waals surface area contributed by atoms with Crippen molar-refractivity contribution in [3.8, 4) is 5.75 Å². The molecule has 2 aromatic rings. The Kier molecular flexibility index (Phi) is 6.82. The molecule has 0 bridgehead atoms. The van der Waals surface area contributed by atoms with E-state index in [-0.39, 0.29) is 18.4 Å². The minimum atomic E-state index is -0.692. The van der Waals surface area contributed by atoms with Gasteiger partial charge in [0.1, 0.15) is 5.75 Å². The highest BCUT2D eigenvalue weighted by Crippen LogP contribution is 2.16. The second kappa shape index (κ2) is 9.08. The van der Waals surface area contributed by atoms with E-state index in [0.29, 0.717) is 13.0 Å². The van der Waals surface area contributed by atoms with Crippen molar-refractivity contribution in [3.05, 3.63) is 65.7 Å². The molecule has 2 rings (SSSR count). The molecule has 128 valence electrons. The third-order valence-electron chi connectivity index (χ3n) is 4.03. The van der Waals surface area contributed by atoms with Gasteiger partial charge in [0.15, 0.2) is 0 Å². The van der Waals surface area contributed by atoms with Crippen molar-refractivity contribution in [1.82, 2.24) is 5.32 Å². The lowest BCUT2D eigenvalue weighted by Crippen LogP contribution is -2.33. The molecule has 0 aliphatic rings. The minimum absolute atomic E-state index is 0.0701. The number of rotatable bonds is 8. The Labute approximate surface area is 143 Å². The van der Waals surface area contributed by atoms with E-state index in [1.54, 1.807) is 0 Å². The van der Waals surface area contributed by atoms with Crippen molar-refractivity contribution in [2.75, 3.05) is 13.2 Å². The summed E-state index contributed by atoms with van der Waals surface area (Å²) in [4.78, 5) is 12.1. The molecular weight excluding hydrogens is 302 g/mol. The molecule has 0 aliphatic carbocycles. The van der Waals surface area contributed by atoms with Crippen molar-refractivity contribution in [1.29, 1.82) is 0 Å². The number of carbonyl (C=O) groups is 1. The van der Waals surface area contributed by atoms with Crippen LogP contribution in [0.5, 0.6) is 5.75 Å². The fraction of sp³-hybridized carbons (Fsp3) is 0.350. The number of carbonyl (C=O) groups excluding carboxylic acids is 1. The number of para-hydroxylation sites is 1. The smallest absolute Gasteiger partial charge is 0.223 e. The van der Waals surface area contributed by atoms with Crippen LogP contribution in [0.1, 0.15) is 30.6 Å². The molecule has 1 amide bonds. The van der Waals surface area contributed by atoms with Crippen LogP contribution in [-0.4, -0.2) is 24.2 Å². The highest BCUT2D eigenvalue weighted by atomic mass is 16.5. The van der Waals surface area contributed by atoms with Crippen LogP contribution in [0, 0.1) is 12.8 Å². The van der Waals surface area contributed by atoms with Crippen LogP contribution >= 0.6 is 0 Å². The lowest BCUT2D eigenvalue weighted by molar-refractivity contribution is -0.125. The summed E-state index contributed by atoms with van der Waals surface area (Å²) in [6.07, 6.45) is -0.0656. The third-order valence-corrected chi connectivity index (χ3v) is 4.03. The number of hydrogen-bond acceptors (Lipinski definition) is 3. The quantitative estimate of drug-likeness (QED) is 0.782. The molecule has 2 aromatic carbocycles. The summed E-state index contributed by atoms with van der Waals surface area (Å²) in [5.41, 5.74) is 1.86. The van der Waals surface area contributed by atoms with E-state index in [0.717, 1.165) is 16.9 Å². The Morgan fingerprint density at radius 1 is 1.12 bits per heavy atom. The Balaban J connectivity index is 1.72. The number of amides is 1. The first-order valence-corrected chi connectivity index (χ1v) is 8.27. The lowest BCUT2D eigenvalue weighted by atomic mass is 10.0. The molecule has 2 unspecified atom stereocenters. The van der Waals surface area contributed by atoms with Gasteiger partial charge in [-0.25, -0.2) is 0 Å². The molecule has 0 saturated carbocycles. The SMILES string of the molecule is Cc1ccccc1C(O)CNC(=O)C(C)CCOc1ccccc1. The highest BCUT2D eigenvalue weighted by molar-refractivity contribution is 5.78. The maximum Gasteiger partial charge on any atom is 0.223 e. The Morgan fingerprint density at radius 2 is 1.79 bits per heavy atom. The van der Waals surface area contributed by atoms with Gasteiger partial charge in [-0.2, -0.15) is 0 Å². The van der Waals surface area contributed by atoms with Crippen LogP contribution in [0.4, 0.5) is 0 Å². The maximum absolute atomic E-state index is 12.1. The Hall–Kier alpha value is -2.33. The number of hydrogen-bond donors (Lipinski definition) is 2. The first-order chi connectivity index (χ1) is 11.6. The fourth-order valence-electron chi connectivity index (χ4n) is 2.44. The van der Waals surface area contributed by atoms with E-state index < -0.39 is 6.10 Å². The van der Waals surface area contributed by atoms with Crippen molar-refractivity contribution in [2.45, 2.75) is 26.4 Å². The van der Waals surface area contributed by atoms with E-state index in [9.17, 15) is 9.90 Å². The van der Waals surface area contributed by atoms with Crippen molar-refractivity contribution >= 4 is 5.91 Å². The topological polar surface area (TPSA) is 58.6 Å². The molecule has 24 heavy (non-hydrogen) atoms. The third kappa shape index (κ3) is 5.39. The zero-order chi connectivity index (χ0) is 17.4. The summed E-state index contributed by atoms with van der Waals surface area (Å²) >= 11 is 0. The molecule has 4 heteroatoms. The number of ether oxygens (including phenoxy) is 1. The van der Waals surface area contributed by atoms with E-state index in [1.807, 2.05) is 68.4 Å². The van der Waals surface area contributed by atoms with Crippen molar-refractivity contribution < 1.29 is 14.6 Å². The van der Waals surface area contributed by atoms with E-state index >= 15 is 0 Å². The largest absolute Gasteiger partial charge is 0.494 e. The predicted octanol–water partition coefficient (Wildman–Crippen LogP) is 3.25. The number of aliphatic hydroxyl groups is 1. The summed E-state index contributed by atoms with van der Waals surface area (Å²) in [6.45, 7) is 4.51. The first-order valence-electron chi connectivity index (χ1n) is 8.27. The summed E-state index contributed by atoms with van der Waals surface area (Å²) in [5, 5.41) is 13.0. The van der Waals surface area contributed by atoms with Gasteiger partial charge in [-0.1, -0.05) is 49.4 Å². The molecular formula is C20H25NO3. The monoisotopic (exact) mass is 327 g/mol. The normalized spacial score (nSPS) is 13.1. The molecule has 0 radical (unpaired) electrons. The average molecular weight is 327 g/mol. The van der Waals surface area contributed by atoms with Crippen molar-refractivity contribution in [3.63, 3.8) is 0 Å². The molecule has 0 aromatic heterocycles. The van der Waals surface area contributed by atoms with Crippen LogP contribution in [-0.2, 0) is 4.79 Å². The fourth-order valence-corrected chi connectivity index (χ4v) is 2.44.